The summed E-state index contributed by atoms with van der Waals surface area (Å²) >= 11 is 0.997. The predicted molar refractivity (Wildman–Crippen MR) is 222 cm³/mol. The fourth-order valence-corrected chi connectivity index (χ4v) is 8.83. The molecule has 0 saturated heterocycles. The molecule has 0 spiro atoms. The van der Waals surface area contributed by atoms with E-state index in [0.717, 1.165) is 60.8 Å². The molecular weight excluding hydrogens is 685 g/mol. The maximum atomic E-state index is 9.51. The smallest absolute Gasteiger partial charge is 0.228 e. The van der Waals surface area contributed by atoms with Gasteiger partial charge in [0, 0.05) is 44.7 Å². The van der Waals surface area contributed by atoms with Crippen LogP contribution in [-0.2, 0) is 0 Å². The van der Waals surface area contributed by atoms with Crippen LogP contribution in [0.2, 0.25) is 0 Å². The molecule has 6 nitrogen and oxygen atoms in total. The Hall–Kier alpha value is -6.23. The molecule has 10 aromatic rings. The van der Waals surface area contributed by atoms with Crippen molar-refractivity contribution in [2.45, 2.75) is 53.2 Å². The normalized spacial score (nSPS) is 14.3. The zero-order valence-electron chi connectivity index (χ0n) is 35.9. The number of nitrogens with zero attached hydrogens (tertiary/aromatic N) is 4. The highest BCUT2D eigenvalue weighted by molar-refractivity contribution is 7.19. The Labute approximate surface area is 324 Å². The fourth-order valence-electron chi connectivity index (χ4n) is 7.97. The van der Waals surface area contributed by atoms with E-state index < -0.39 is 13.7 Å². The number of furan rings is 2. The van der Waals surface area contributed by atoms with Gasteiger partial charge in [-0.1, -0.05) is 70.2 Å². The lowest BCUT2D eigenvalue weighted by molar-refractivity contribution is 0.626. The van der Waals surface area contributed by atoms with E-state index >= 15 is 0 Å². The maximum Gasteiger partial charge on any atom is 0.228 e. The minimum Gasteiger partial charge on any atom is -0.451 e. The van der Waals surface area contributed by atoms with Crippen LogP contribution in [-0.4, -0.2) is 14.5 Å². The Morgan fingerprint density at radius 1 is 0.722 bits per heavy atom. The third kappa shape index (κ3) is 4.63. The Balaban J connectivity index is 1.38. The van der Waals surface area contributed by atoms with Crippen molar-refractivity contribution < 1.29 is 17.1 Å². The molecule has 54 heavy (non-hydrogen) atoms. The highest BCUT2D eigenvalue weighted by Gasteiger charge is 2.28. The molecule has 0 aliphatic heterocycles. The Kier molecular flexibility index (Phi) is 5.84. The predicted octanol–water partition coefficient (Wildman–Crippen LogP) is 13.5. The fraction of sp³-hybridized carbons (Fsp3) is 0.170. The van der Waals surface area contributed by atoms with Crippen molar-refractivity contribution in [3.8, 4) is 34.3 Å². The van der Waals surface area contributed by atoms with Crippen molar-refractivity contribution in [1.82, 2.24) is 14.5 Å². The topological polar surface area (TPSA) is 80.8 Å². The van der Waals surface area contributed by atoms with Crippen molar-refractivity contribution in [3.63, 3.8) is 0 Å². The third-order valence-electron chi connectivity index (χ3n) is 10.5. The number of fused-ring (bicyclic) bond motifs is 10. The minimum absolute atomic E-state index is 0.00619. The standard InChI is InChI=1S/C47H36N4O2S/c1-24(2)36-21-29(28-11-8-7-9-12-28)22-37(25(3)4)41(36)51-42-38(19-20-39-40(42)26(5)27(6)54-39)50-46(51)35-14-10-13-31-32-17-18-33-34-16-15-30(23-48)49-47(34)53-45(33)44(32)52-43(31)35/h7-22,24-25H,1-6H3/i5D3,6D3. The maximum absolute atomic E-state index is 9.51. The quantitative estimate of drug-likeness (QED) is 0.176. The Morgan fingerprint density at radius 2 is 1.44 bits per heavy atom. The molecule has 0 radical (unpaired) electrons. The second-order valence-electron chi connectivity index (χ2n) is 14.4. The molecular formula is C47H36N4O2S. The molecule has 7 heteroatoms. The molecule has 5 aromatic carbocycles. The van der Waals surface area contributed by atoms with Gasteiger partial charge in [0.25, 0.3) is 0 Å². The molecule has 0 fully saturated rings. The van der Waals surface area contributed by atoms with E-state index in [2.05, 4.69) is 67.6 Å². The van der Waals surface area contributed by atoms with E-state index in [1.54, 1.807) is 12.1 Å². The van der Waals surface area contributed by atoms with Gasteiger partial charge < -0.3 is 8.83 Å². The van der Waals surface area contributed by atoms with E-state index in [-0.39, 0.29) is 28.0 Å². The van der Waals surface area contributed by atoms with Gasteiger partial charge in [0.05, 0.1) is 22.3 Å². The summed E-state index contributed by atoms with van der Waals surface area (Å²) in [5.41, 5.74) is 8.66. The van der Waals surface area contributed by atoms with Gasteiger partial charge in [-0.3, -0.25) is 4.57 Å². The molecule has 5 aromatic heterocycles. The average molecular weight is 727 g/mol. The number of thiophene rings is 1. The lowest BCUT2D eigenvalue weighted by atomic mass is 9.88. The van der Waals surface area contributed by atoms with E-state index in [9.17, 15) is 5.26 Å². The average Bonchev–Trinajstić information content (AvgIpc) is 3.99. The van der Waals surface area contributed by atoms with Gasteiger partial charge in [-0.15, -0.1) is 11.3 Å². The van der Waals surface area contributed by atoms with E-state index in [4.69, 9.17) is 22.0 Å². The van der Waals surface area contributed by atoms with E-state index in [1.165, 1.54) is 0 Å². The first kappa shape index (κ1) is 26.5. The van der Waals surface area contributed by atoms with Crippen LogP contribution in [0.15, 0.2) is 106 Å². The number of rotatable bonds is 5. The number of nitriles is 1. The molecule has 10 rings (SSSR count). The first-order valence-electron chi connectivity index (χ1n) is 20.9. The van der Waals surface area contributed by atoms with Crippen LogP contribution in [0.4, 0.5) is 0 Å². The summed E-state index contributed by atoms with van der Waals surface area (Å²) in [5, 5.41) is 13.0. The summed E-state index contributed by atoms with van der Waals surface area (Å²) in [4.78, 5) is 9.59. The summed E-state index contributed by atoms with van der Waals surface area (Å²) in [6.07, 6.45) is 0. The van der Waals surface area contributed by atoms with Crippen LogP contribution in [0.1, 0.15) is 75.0 Å². The lowest BCUT2D eigenvalue weighted by Crippen LogP contribution is -2.09. The molecule has 262 valence electrons. The highest BCUT2D eigenvalue weighted by Crippen LogP contribution is 2.46. The molecule has 0 unspecified atom stereocenters. The molecule has 5 heterocycles. The lowest BCUT2D eigenvalue weighted by Gasteiger charge is -2.24. The molecule has 0 saturated carbocycles. The zero-order chi connectivity index (χ0) is 42.0. The van der Waals surface area contributed by atoms with Crippen molar-refractivity contribution in [2.24, 2.45) is 0 Å². The number of hydrogen-bond acceptors (Lipinski definition) is 6. The Morgan fingerprint density at radius 3 is 2.17 bits per heavy atom. The SMILES string of the molecule is [2H]C([2H])([2H])c1sc2ccc3nc(-c4cccc5c4oc4c5ccc5c6ccc(C#N)nc6oc54)n(-c4c(C(C)C)cc(-c5ccccc5)cc4C(C)C)c3c2c1C([2H])([2H])[2H]. The number of imidazole rings is 1. The second-order valence-corrected chi connectivity index (χ2v) is 15.5. The molecule has 0 aliphatic rings. The van der Waals surface area contributed by atoms with Gasteiger partial charge in [-0.25, -0.2) is 9.97 Å². The first-order chi connectivity index (χ1) is 28.6. The molecule has 0 aliphatic carbocycles. The number of para-hydroxylation sites is 1. The van der Waals surface area contributed by atoms with Crippen LogP contribution in [0.5, 0.6) is 0 Å². The van der Waals surface area contributed by atoms with E-state index in [0.29, 0.717) is 55.0 Å². The monoisotopic (exact) mass is 726 g/mol. The van der Waals surface area contributed by atoms with Gasteiger partial charge in [0.1, 0.15) is 23.2 Å². The van der Waals surface area contributed by atoms with E-state index in [1.807, 2.05) is 60.7 Å². The van der Waals surface area contributed by atoms with Crippen LogP contribution in [0, 0.1) is 25.0 Å². The summed E-state index contributed by atoms with van der Waals surface area (Å²) in [5.74, 6) is 0.524. The molecule has 0 amide bonds. The van der Waals surface area contributed by atoms with Crippen molar-refractivity contribution >= 4 is 76.5 Å². The molecule has 0 bridgehead atoms. The van der Waals surface area contributed by atoms with Crippen molar-refractivity contribution in [3.05, 3.63) is 124 Å². The number of benzene rings is 5. The van der Waals surface area contributed by atoms with Crippen LogP contribution in [0.25, 0.3) is 93.3 Å². The highest BCUT2D eigenvalue weighted by atomic mass is 32.1. The van der Waals surface area contributed by atoms with Gasteiger partial charge in [-0.2, -0.15) is 5.26 Å². The Bertz CT molecular complexity index is 3410. The summed E-state index contributed by atoms with van der Waals surface area (Å²) < 4.78 is 67.5. The van der Waals surface area contributed by atoms with Crippen molar-refractivity contribution in [2.75, 3.05) is 0 Å². The first-order valence-corrected chi connectivity index (χ1v) is 18.8. The minimum atomic E-state index is -2.75. The van der Waals surface area contributed by atoms with Gasteiger partial charge in [0.2, 0.25) is 5.71 Å². The number of aromatic nitrogens is 3. The van der Waals surface area contributed by atoms with Crippen LogP contribution >= 0.6 is 11.3 Å². The largest absolute Gasteiger partial charge is 0.451 e. The zero-order valence-corrected chi connectivity index (χ0v) is 30.7. The van der Waals surface area contributed by atoms with Gasteiger partial charge in [0.15, 0.2) is 11.2 Å². The van der Waals surface area contributed by atoms with Crippen LogP contribution < -0.4 is 0 Å². The molecule has 0 atom stereocenters. The number of hydrogen-bond donors (Lipinski definition) is 0. The van der Waals surface area contributed by atoms with Crippen molar-refractivity contribution in [1.29, 1.82) is 5.26 Å². The summed E-state index contributed by atoms with van der Waals surface area (Å²) in [6, 6.07) is 33.7. The summed E-state index contributed by atoms with van der Waals surface area (Å²) in [7, 11) is 0. The second kappa shape index (κ2) is 11.9. The number of pyridine rings is 1. The van der Waals surface area contributed by atoms with Crippen LogP contribution in [0.3, 0.4) is 0 Å². The summed E-state index contributed by atoms with van der Waals surface area (Å²) in [6.45, 7) is 3.16. The van der Waals surface area contributed by atoms with Gasteiger partial charge >= 0.3 is 0 Å². The molecule has 0 N–H and O–H groups in total. The number of aryl methyl sites for hydroxylation is 2. The van der Waals surface area contributed by atoms with Gasteiger partial charge in [-0.05, 0) is 108 Å². The third-order valence-corrected chi connectivity index (χ3v) is 11.5.